The fourth-order valence-corrected chi connectivity index (χ4v) is 14.9. The summed E-state index contributed by atoms with van der Waals surface area (Å²) in [5.41, 5.74) is 4.05. The normalized spacial score (nSPS) is 20.5. The van der Waals surface area contributed by atoms with Gasteiger partial charge in [-0.1, -0.05) is 128 Å². The van der Waals surface area contributed by atoms with Crippen molar-refractivity contribution in [3.63, 3.8) is 0 Å². The maximum atomic E-state index is 12.1. The van der Waals surface area contributed by atoms with E-state index in [1.54, 1.807) is 18.7 Å². The molecule has 20 heteroatoms. The standard InChI is InChI=1S/C20H29NO4.C18H21N3O2.C16H25NO2.C14H27NO4.C12H15NO/c1-3-24-18(22)14-20(15-19(23)25-4-2)10-12-21(13-11-20)16-17-8-6-5-7-9-17;1-13-16(22)20-17(23)15(11-19)18(13)7-9-21(10-8-18)12-14-5-3-2-4-6-14;18-12-8-16(9-13-19)6-10-17(11-7-16)14-15-4-2-1-3-5-15;1-13(2,3)19-12(18)15-8-4-14(5-9-15,6-10-16)7-11-17;14-12-6-8-13(9-7-12)10-11-4-2-1-3-5-11/h5-9H,3-4,10-16H2,1-2H3;2-6,13,15H,7-10,12H2,1H3,(H,20,22,23);1-5,18-19H,6-14H2;16-17H,4-11H2,1-3H3;1-5H,6-10H2. The molecule has 6 aliphatic rings. The number of hydrogen-bond donors (Lipinski definition) is 5. The number of carbonyl (C=O) groups excluding carboxylic acids is 6. The number of piperidine rings is 6. The first kappa shape index (κ1) is 82.0. The monoisotopic (exact) mass is 1380 g/mol. The number of ether oxygens (including phenoxy) is 3. The van der Waals surface area contributed by atoms with Crippen molar-refractivity contribution in [3.8, 4) is 6.07 Å². The predicted molar refractivity (Wildman–Crippen MR) is 386 cm³/mol. The molecule has 10 rings (SSSR count). The average molecular weight is 1380 g/mol. The zero-order valence-electron chi connectivity index (χ0n) is 60.8. The molecule has 5 N–H and O–H groups in total. The highest BCUT2D eigenvalue weighted by molar-refractivity contribution is 6.02. The number of esters is 2. The topological polar surface area (TPSA) is 263 Å². The number of benzene rings is 4. The highest BCUT2D eigenvalue weighted by atomic mass is 16.6. The van der Waals surface area contributed by atoms with Crippen molar-refractivity contribution in [1.82, 2.24) is 29.8 Å². The van der Waals surface area contributed by atoms with E-state index in [1.165, 1.54) is 22.3 Å². The molecule has 100 heavy (non-hydrogen) atoms. The van der Waals surface area contributed by atoms with E-state index in [2.05, 4.69) is 104 Å². The van der Waals surface area contributed by atoms with Crippen LogP contribution in [-0.4, -0.2) is 191 Å². The Morgan fingerprint density at radius 3 is 1.13 bits per heavy atom. The van der Waals surface area contributed by atoms with Gasteiger partial charge in [0.25, 0.3) is 0 Å². The van der Waals surface area contributed by atoms with Crippen molar-refractivity contribution in [2.24, 2.45) is 33.5 Å². The number of aliphatic hydroxyl groups excluding tert-OH is 4. The number of imide groups is 1. The number of nitrogens with zero attached hydrogens (tertiary/aromatic N) is 6. The first-order valence-electron chi connectivity index (χ1n) is 36.6. The van der Waals surface area contributed by atoms with Gasteiger partial charge in [-0.05, 0) is 189 Å². The number of nitriles is 1. The van der Waals surface area contributed by atoms with Crippen molar-refractivity contribution < 1.29 is 63.4 Å². The molecular formula is C80H117N7O13. The number of carbonyl (C=O) groups is 6. The molecule has 3 amide bonds. The minimum absolute atomic E-state index is 0.0258. The van der Waals surface area contributed by atoms with Gasteiger partial charge >= 0.3 is 18.0 Å². The summed E-state index contributed by atoms with van der Waals surface area (Å²) in [5.74, 6) is -1.72. The highest BCUT2D eigenvalue weighted by Crippen LogP contribution is 2.48. The van der Waals surface area contributed by atoms with E-state index in [1.807, 2.05) is 76.2 Å². The molecule has 2 atom stereocenters. The summed E-state index contributed by atoms with van der Waals surface area (Å²) in [6, 6.07) is 43.7. The van der Waals surface area contributed by atoms with Gasteiger partial charge in [0, 0.05) is 103 Å². The van der Waals surface area contributed by atoms with Crippen LogP contribution >= 0.6 is 0 Å². The lowest BCUT2D eigenvalue weighted by Crippen LogP contribution is -2.60. The summed E-state index contributed by atoms with van der Waals surface area (Å²) < 4.78 is 15.6. The second-order valence-corrected chi connectivity index (χ2v) is 29.3. The number of amides is 3. The van der Waals surface area contributed by atoms with Gasteiger partial charge in [-0.3, -0.25) is 48.9 Å². The Bertz CT molecular complexity index is 3050. The van der Waals surface area contributed by atoms with Crippen LogP contribution in [0.5, 0.6) is 0 Å². The fraction of sp³-hybridized carbons (Fsp3) is 0.613. The molecule has 0 aromatic heterocycles. The number of likely N-dealkylation sites (tertiary alicyclic amines) is 5. The quantitative estimate of drug-likeness (QED) is 0.0278. The number of Topliss-reactive ketones (excluding diaryl/α,β-unsaturated/α-hetero) is 1. The number of rotatable bonds is 22. The lowest BCUT2D eigenvalue weighted by Gasteiger charge is -2.49. The highest BCUT2D eigenvalue weighted by Gasteiger charge is 2.55. The van der Waals surface area contributed by atoms with Gasteiger partial charge in [0.15, 0.2) is 0 Å². The second-order valence-electron chi connectivity index (χ2n) is 29.3. The first-order chi connectivity index (χ1) is 48.1. The van der Waals surface area contributed by atoms with E-state index >= 15 is 0 Å². The molecule has 0 bridgehead atoms. The fourth-order valence-electron chi connectivity index (χ4n) is 14.9. The van der Waals surface area contributed by atoms with Crippen LogP contribution < -0.4 is 5.32 Å². The zero-order chi connectivity index (χ0) is 72.4. The van der Waals surface area contributed by atoms with Gasteiger partial charge in [-0.25, -0.2) is 4.79 Å². The van der Waals surface area contributed by atoms with Gasteiger partial charge in [-0.15, -0.1) is 0 Å². The molecule has 0 radical (unpaired) electrons. The van der Waals surface area contributed by atoms with E-state index in [0.717, 1.165) is 143 Å². The summed E-state index contributed by atoms with van der Waals surface area (Å²) in [7, 11) is 0. The van der Waals surface area contributed by atoms with Crippen molar-refractivity contribution in [3.05, 3.63) is 144 Å². The van der Waals surface area contributed by atoms with Crippen LogP contribution in [0.3, 0.4) is 0 Å². The number of hydrogen-bond acceptors (Lipinski definition) is 18. The molecule has 6 saturated heterocycles. The van der Waals surface area contributed by atoms with E-state index in [4.69, 9.17) is 24.4 Å². The molecular weight excluding hydrogens is 1270 g/mol. The maximum absolute atomic E-state index is 12.1. The predicted octanol–water partition coefficient (Wildman–Crippen LogP) is 10.5. The summed E-state index contributed by atoms with van der Waals surface area (Å²) in [6.45, 7) is 24.8. The molecule has 6 fully saturated rings. The minimum atomic E-state index is -0.728. The van der Waals surface area contributed by atoms with Gasteiger partial charge in [0.05, 0.1) is 32.1 Å². The Hall–Kier alpha value is -6.93. The van der Waals surface area contributed by atoms with E-state index in [0.29, 0.717) is 70.6 Å². The van der Waals surface area contributed by atoms with Crippen LogP contribution in [0.1, 0.15) is 167 Å². The Labute approximate surface area is 595 Å². The van der Waals surface area contributed by atoms with Crippen molar-refractivity contribution in [2.45, 2.75) is 176 Å². The number of aliphatic hydroxyl groups is 4. The first-order valence-corrected chi connectivity index (χ1v) is 36.6. The van der Waals surface area contributed by atoms with Crippen LogP contribution in [0.2, 0.25) is 0 Å². The smallest absolute Gasteiger partial charge is 0.410 e. The Kier molecular flexibility index (Phi) is 34.3. The molecule has 6 aliphatic heterocycles. The maximum Gasteiger partial charge on any atom is 0.410 e. The minimum Gasteiger partial charge on any atom is -0.466 e. The van der Waals surface area contributed by atoms with Crippen LogP contribution in [0.4, 0.5) is 4.79 Å². The molecule has 20 nitrogen and oxygen atoms in total. The van der Waals surface area contributed by atoms with Crippen molar-refractivity contribution in [2.75, 3.05) is 105 Å². The Morgan fingerprint density at radius 2 is 0.810 bits per heavy atom. The molecule has 550 valence electrons. The summed E-state index contributed by atoms with van der Waals surface area (Å²) in [4.78, 5) is 82.4. The van der Waals surface area contributed by atoms with E-state index in [-0.39, 0.29) is 72.5 Å². The summed E-state index contributed by atoms with van der Waals surface area (Å²) >= 11 is 0. The van der Waals surface area contributed by atoms with E-state index in [9.17, 15) is 44.2 Å². The lowest BCUT2D eigenvalue weighted by atomic mass is 9.59. The van der Waals surface area contributed by atoms with Gasteiger partial charge in [0.1, 0.15) is 17.3 Å². The molecule has 1 spiro atoms. The third-order valence-electron chi connectivity index (χ3n) is 21.2. The number of nitrogens with one attached hydrogen (secondary N) is 1. The summed E-state index contributed by atoms with van der Waals surface area (Å²) in [5, 5.41) is 48.5. The van der Waals surface area contributed by atoms with Crippen LogP contribution in [0.25, 0.3) is 0 Å². The molecule has 0 aliphatic carbocycles. The average Bonchev–Trinajstić information content (AvgIpc) is 0.752. The van der Waals surface area contributed by atoms with E-state index < -0.39 is 22.8 Å². The largest absolute Gasteiger partial charge is 0.466 e. The van der Waals surface area contributed by atoms with Gasteiger partial charge < -0.3 is 39.5 Å². The Balaban J connectivity index is 0.000000199. The molecule has 6 heterocycles. The van der Waals surface area contributed by atoms with Crippen LogP contribution in [0, 0.1) is 44.8 Å². The van der Waals surface area contributed by atoms with Crippen molar-refractivity contribution >= 4 is 35.6 Å². The Morgan fingerprint density at radius 1 is 0.490 bits per heavy atom. The van der Waals surface area contributed by atoms with Gasteiger partial charge in [0.2, 0.25) is 11.8 Å². The van der Waals surface area contributed by atoms with Crippen molar-refractivity contribution in [1.29, 1.82) is 5.26 Å². The number of ketones is 1. The summed E-state index contributed by atoms with van der Waals surface area (Å²) in [6.07, 6.45) is 11.6. The zero-order valence-corrected chi connectivity index (χ0v) is 60.8. The lowest BCUT2D eigenvalue weighted by molar-refractivity contribution is -0.153. The SMILES string of the molecule is CC(C)(C)OC(=O)N1CCC(CCO)(CCO)CC1.CC1C(=O)NC(=O)C(C#N)C12CCN(Cc1ccccc1)CC2.CCOC(=O)CC1(CC(=O)OCC)CCN(Cc2ccccc2)CC1.O=C1CCN(Cc2ccccc2)CC1.OCCC1(CCO)CCN(Cc2ccccc2)CC1. The molecule has 4 aromatic rings. The molecule has 0 saturated carbocycles. The molecule has 2 unspecified atom stereocenters. The third-order valence-corrected chi connectivity index (χ3v) is 21.2. The van der Waals surface area contributed by atoms with Crippen LogP contribution in [0.15, 0.2) is 121 Å². The third kappa shape index (κ3) is 26.8. The van der Waals surface area contributed by atoms with Crippen LogP contribution in [-0.2, 0) is 64.4 Å². The van der Waals surface area contributed by atoms with Gasteiger partial charge in [-0.2, -0.15) is 5.26 Å². The molecule has 4 aromatic carbocycles. The second kappa shape index (κ2) is 41.9.